The van der Waals surface area contributed by atoms with Crippen LogP contribution in [0.3, 0.4) is 0 Å². The Hall–Kier alpha value is -4.30. The lowest BCUT2D eigenvalue weighted by Crippen LogP contribution is -2.32. The SMILES string of the molecule is Cc1cccc(C(=O)Oc2ccc3ccccc3c2/C=N/NC(=O)C(=O)Nc2ccc(Br)cc2)c1. The molecule has 0 saturated heterocycles. The van der Waals surface area contributed by atoms with Crippen molar-refractivity contribution < 1.29 is 19.1 Å². The molecule has 4 rings (SSSR count). The lowest BCUT2D eigenvalue weighted by atomic mass is 10.0. The zero-order valence-corrected chi connectivity index (χ0v) is 20.2. The number of rotatable bonds is 5. The number of carbonyl (C=O) groups excluding carboxylic acids is 3. The van der Waals surface area contributed by atoms with Crippen LogP contribution in [0.1, 0.15) is 21.5 Å². The van der Waals surface area contributed by atoms with Gasteiger partial charge in [0.25, 0.3) is 0 Å². The Bertz CT molecular complexity index is 1450. The molecule has 174 valence electrons. The van der Waals surface area contributed by atoms with Gasteiger partial charge in [-0.05, 0) is 60.2 Å². The Morgan fingerprint density at radius 1 is 0.886 bits per heavy atom. The van der Waals surface area contributed by atoms with E-state index in [9.17, 15) is 14.4 Å². The number of esters is 1. The summed E-state index contributed by atoms with van der Waals surface area (Å²) in [6.45, 7) is 1.89. The van der Waals surface area contributed by atoms with Crippen LogP contribution in [0.25, 0.3) is 10.8 Å². The number of fused-ring (bicyclic) bond motifs is 1. The molecule has 2 amide bonds. The van der Waals surface area contributed by atoms with Crippen molar-refractivity contribution in [1.29, 1.82) is 0 Å². The van der Waals surface area contributed by atoms with Crippen molar-refractivity contribution in [2.75, 3.05) is 5.32 Å². The van der Waals surface area contributed by atoms with Crippen molar-refractivity contribution in [2.45, 2.75) is 6.92 Å². The average molecular weight is 530 g/mol. The van der Waals surface area contributed by atoms with E-state index in [1.54, 1.807) is 48.5 Å². The summed E-state index contributed by atoms with van der Waals surface area (Å²) in [4.78, 5) is 37.1. The fourth-order valence-electron chi connectivity index (χ4n) is 3.36. The highest BCUT2D eigenvalue weighted by Crippen LogP contribution is 2.27. The van der Waals surface area contributed by atoms with Crippen molar-refractivity contribution >= 4 is 56.4 Å². The minimum absolute atomic E-state index is 0.271. The predicted octanol–water partition coefficient (Wildman–Crippen LogP) is 5.22. The molecule has 0 spiro atoms. The zero-order chi connectivity index (χ0) is 24.8. The molecule has 0 heterocycles. The smallest absolute Gasteiger partial charge is 0.343 e. The molecule has 0 radical (unpaired) electrons. The first-order chi connectivity index (χ1) is 16.9. The third-order valence-corrected chi connectivity index (χ3v) is 5.58. The quantitative estimate of drug-likeness (QED) is 0.122. The van der Waals surface area contributed by atoms with E-state index in [0.717, 1.165) is 20.8 Å². The summed E-state index contributed by atoms with van der Waals surface area (Å²) in [5.41, 5.74) is 4.52. The number of ether oxygens (including phenoxy) is 1. The molecule has 0 unspecified atom stereocenters. The minimum atomic E-state index is -0.942. The summed E-state index contributed by atoms with van der Waals surface area (Å²) in [6, 6.07) is 24.9. The summed E-state index contributed by atoms with van der Waals surface area (Å²) < 4.78 is 6.51. The summed E-state index contributed by atoms with van der Waals surface area (Å²) in [5.74, 6) is -2.06. The maximum absolute atomic E-state index is 12.7. The van der Waals surface area contributed by atoms with Gasteiger partial charge in [-0.25, -0.2) is 10.2 Å². The van der Waals surface area contributed by atoms with E-state index >= 15 is 0 Å². The van der Waals surface area contributed by atoms with E-state index in [4.69, 9.17) is 4.74 Å². The molecular formula is C27H20BrN3O4. The van der Waals surface area contributed by atoms with Gasteiger partial charge in [0.2, 0.25) is 0 Å². The predicted molar refractivity (Wildman–Crippen MR) is 139 cm³/mol. The van der Waals surface area contributed by atoms with Crippen molar-refractivity contribution in [3.8, 4) is 5.75 Å². The molecule has 0 aliphatic heterocycles. The molecule has 0 aliphatic rings. The van der Waals surface area contributed by atoms with Crippen LogP contribution in [0.15, 0.2) is 94.5 Å². The first-order valence-electron chi connectivity index (χ1n) is 10.6. The molecule has 7 nitrogen and oxygen atoms in total. The minimum Gasteiger partial charge on any atom is -0.422 e. The fourth-order valence-corrected chi connectivity index (χ4v) is 3.62. The first-order valence-corrected chi connectivity index (χ1v) is 11.4. The number of nitrogens with zero attached hydrogens (tertiary/aromatic N) is 1. The lowest BCUT2D eigenvalue weighted by Gasteiger charge is -2.11. The summed E-state index contributed by atoms with van der Waals surface area (Å²) in [6.07, 6.45) is 1.35. The van der Waals surface area contributed by atoms with Crippen LogP contribution < -0.4 is 15.5 Å². The Labute approximate surface area is 209 Å². The second-order valence-corrected chi connectivity index (χ2v) is 8.53. The topological polar surface area (TPSA) is 96.9 Å². The third kappa shape index (κ3) is 5.99. The highest BCUT2D eigenvalue weighted by Gasteiger charge is 2.15. The van der Waals surface area contributed by atoms with Gasteiger partial charge in [-0.2, -0.15) is 5.10 Å². The molecule has 0 atom stereocenters. The second kappa shape index (κ2) is 10.8. The monoisotopic (exact) mass is 529 g/mol. The number of amides is 2. The molecule has 0 aliphatic carbocycles. The normalized spacial score (nSPS) is 10.8. The van der Waals surface area contributed by atoms with Gasteiger partial charge in [0.05, 0.1) is 11.8 Å². The van der Waals surface area contributed by atoms with Crippen molar-refractivity contribution in [3.63, 3.8) is 0 Å². The maximum Gasteiger partial charge on any atom is 0.343 e. The van der Waals surface area contributed by atoms with Crippen LogP contribution >= 0.6 is 15.9 Å². The number of hydrogen-bond donors (Lipinski definition) is 2. The zero-order valence-electron chi connectivity index (χ0n) is 18.6. The second-order valence-electron chi connectivity index (χ2n) is 7.62. The van der Waals surface area contributed by atoms with E-state index < -0.39 is 17.8 Å². The molecule has 0 bridgehead atoms. The molecule has 0 saturated carbocycles. The highest BCUT2D eigenvalue weighted by atomic mass is 79.9. The Balaban J connectivity index is 1.54. The van der Waals surface area contributed by atoms with E-state index in [1.807, 2.05) is 43.3 Å². The van der Waals surface area contributed by atoms with Gasteiger partial charge in [-0.1, -0.05) is 64.0 Å². The van der Waals surface area contributed by atoms with Gasteiger partial charge in [0.1, 0.15) is 5.75 Å². The standard InChI is InChI=1S/C27H20BrN3O4/c1-17-5-4-7-19(15-17)27(34)35-24-14-9-18-6-2-3-8-22(18)23(24)16-29-31-26(33)25(32)30-21-12-10-20(28)11-13-21/h2-16H,1H3,(H,30,32)(H,31,33)/b29-16+. The first kappa shape index (κ1) is 23.8. The van der Waals surface area contributed by atoms with E-state index in [2.05, 4.69) is 31.8 Å². The molecule has 35 heavy (non-hydrogen) atoms. The Morgan fingerprint density at radius 2 is 1.66 bits per heavy atom. The van der Waals surface area contributed by atoms with E-state index in [0.29, 0.717) is 16.8 Å². The van der Waals surface area contributed by atoms with Crippen LogP contribution in [0, 0.1) is 6.92 Å². The molecule has 2 N–H and O–H groups in total. The third-order valence-electron chi connectivity index (χ3n) is 5.06. The average Bonchev–Trinajstić information content (AvgIpc) is 2.86. The van der Waals surface area contributed by atoms with Crippen LogP contribution in [0.5, 0.6) is 5.75 Å². The largest absolute Gasteiger partial charge is 0.422 e. The van der Waals surface area contributed by atoms with Crippen LogP contribution in [0.4, 0.5) is 5.69 Å². The van der Waals surface area contributed by atoms with Gasteiger partial charge in [-0.3, -0.25) is 9.59 Å². The molecule has 4 aromatic carbocycles. The van der Waals surface area contributed by atoms with Crippen molar-refractivity contribution in [3.05, 3.63) is 106 Å². The number of benzene rings is 4. The molecule has 0 fully saturated rings. The molecular weight excluding hydrogens is 510 g/mol. The molecule has 4 aromatic rings. The summed E-state index contributed by atoms with van der Waals surface area (Å²) in [7, 11) is 0. The van der Waals surface area contributed by atoms with E-state index in [1.165, 1.54) is 6.21 Å². The fraction of sp³-hybridized carbons (Fsp3) is 0.0370. The number of carbonyl (C=O) groups is 3. The number of hydrogen-bond acceptors (Lipinski definition) is 5. The maximum atomic E-state index is 12.7. The number of nitrogens with one attached hydrogen (secondary N) is 2. The van der Waals surface area contributed by atoms with Gasteiger partial charge in [0.15, 0.2) is 0 Å². The number of aryl methyl sites for hydroxylation is 1. The van der Waals surface area contributed by atoms with E-state index in [-0.39, 0.29) is 5.75 Å². The number of halogens is 1. The Kier molecular flexibility index (Phi) is 7.32. The van der Waals surface area contributed by atoms with Crippen LogP contribution in [-0.4, -0.2) is 24.0 Å². The van der Waals surface area contributed by atoms with Gasteiger partial charge in [0, 0.05) is 15.7 Å². The summed E-state index contributed by atoms with van der Waals surface area (Å²) >= 11 is 3.31. The van der Waals surface area contributed by atoms with Gasteiger partial charge < -0.3 is 10.1 Å². The number of hydrazone groups is 1. The molecule has 8 heteroatoms. The van der Waals surface area contributed by atoms with Crippen LogP contribution in [0.2, 0.25) is 0 Å². The lowest BCUT2D eigenvalue weighted by molar-refractivity contribution is -0.136. The van der Waals surface area contributed by atoms with Gasteiger partial charge >= 0.3 is 17.8 Å². The highest BCUT2D eigenvalue weighted by molar-refractivity contribution is 9.10. The van der Waals surface area contributed by atoms with Crippen molar-refractivity contribution in [2.24, 2.45) is 5.10 Å². The van der Waals surface area contributed by atoms with Gasteiger partial charge in [-0.15, -0.1) is 0 Å². The summed E-state index contributed by atoms with van der Waals surface area (Å²) in [5, 5.41) is 8.09. The molecule has 0 aromatic heterocycles. The van der Waals surface area contributed by atoms with Crippen LogP contribution in [-0.2, 0) is 9.59 Å². The Morgan fingerprint density at radius 3 is 2.43 bits per heavy atom. The van der Waals surface area contributed by atoms with Crippen molar-refractivity contribution in [1.82, 2.24) is 5.43 Å². The number of anilines is 1.